The highest BCUT2D eigenvalue weighted by molar-refractivity contribution is 5.16. The lowest BCUT2D eigenvalue weighted by atomic mass is 10.1. The fourth-order valence-electron chi connectivity index (χ4n) is 2.82. The van der Waals surface area contributed by atoms with Gasteiger partial charge < -0.3 is 10.2 Å². The third-order valence-electron chi connectivity index (χ3n) is 4.24. The number of hydrogen-bond acceptors (Lipinski definition) is 2. The van der Waals surface area contributed by atoms with Crippen LogP contribution in [-0.2, 0) is 13.1 Å². The molecule has 1 aliphatic heterocycles. The van der Waals surface area contributed by atoms with Crippen molar-refractivity contribution in [3.8, 4) is 0 Å². The van der Waals surface area contributed by atoms with Crippen LogP contribution in [0.4, 0.5) is 0 Å². The Morgan fingerprint density at radius 1 is 0.739 bits per heavy atom. The molecule has 23 heavy (non-hydrogen) atoms. The zero-order chi connectivity index (χ0) is 16.2. The van der Waals surface area contributed by atoms with Crippen LogP contribution in [0.5, 0.6) is 0 Å². The molecule has 1 fully saturated rings. The Bertz CT molecular complexity index is 464. The van der Waals surface area contributed by atoms with E-state index in [4.69, 9.17) is 0 Å². The maximum absolute atomic E-state index is 3.42. The third-order valence-corrected chi connectivity index (χ3v) is 4.24. The lowest BCUT2D eigenvalue weighted by Gasteiger charge is -2.24. The van der Waals surface area contributed by atoms with Gasteiger partial charge in [-0.25, -0.2) is 0 Å². The molecule has 124 valence electrons. The zero-order valence-corrected chi connectivity index (χ0v) is 14.4. The largest absolute Gasteiger partial charge is 0.309 e. The first-order chi connectivity index (χ1) is 11.4. The Balaban J connectivity index is 0.000000203. The summed E-state index contributed by atoms with van der Waals surface area (Å²) in [5.41, 5.74) is 2.65. The number of likely N-dealkylation sites (tertiary alicyclic amines) is 1. The van der Waals surface area contributed by atoms with Crippen molar-refractivity contribution in [3.63, 3.8) is 0 Å². The fourth-order valence-corrected chi connectivity index (χ4v) is 2.82. The van der Waals surface area contributed by atoms with Crippen LogP contribution in [0.1, 0.15) is 37.3 Å². The number of hydrogen-bond donors (Lipinski definition) is 1. The van der Waals surface area contributed by atoms with Gasteiger partial charge in [0.1, 0.15) is 0 Å². The minimum Gasteiger partial charge on any atom is -0.309 e. The Hall–Kier alpha value is -1.64. The quantitative estimate of drug-likeness (QED) is 0.876. The highest BCUT2D eigenvalue weighted by atomic mass is 15.1. The average Bonchev–Trinajstić information content (AvgIpc) is 2.65. The Labute approximate surface area is 141 Å². The van der Waals surface area contributed by atoms with E-state index in [-0.39, 0.29) is 0 Å². The van der Waals surface area contributed by atoms with Crippen molar-refractivity contribution >= 4 is 0 Å². The van der Waals surface area contributed by atoms with E-state index in [0.29, 0.717) is 0 Å². The smallest absolute Gasteiger partial charge is 0.0208 e. The summed E-state index contributed by atoms with van der Waals surface area (Å²) >= 11 is 0. The number of rotatable bonds is 5. The average molecular weight is 310 g/mol. The molecule has 0 radical (unpaired) electrons. The fraction of sp³-hybridized carbons (Fsp3) is 0.429. The van der Waals surface area contributed by atoms with Crippen molar-refractivity contribution in [1.29, 1.82) is 0 Å². The van der Waals surface area contributed by atoms with Crippen molar-refractivity contribution in [3.05, 3.63) is 71.8 Å². The lowest BCUT2D eigenvalue weighted by Crippen LogP contribution is -2.29. The van der Waals surface area contributed by atoms with Gasteiger partial charge in [0.15, 0.2) is 0 Å². The molecule has 2 heteroatoms. The summed E-state index contributed by atoms with van der Waals surface area (Å²) < 4.78 is 0. The van der Waals surface area contributed by atoms with Gasteiger partial charge in [-0.3, -0.25) is 0 Å². The molecule has 1 saturated heterocycles. The van der Waals surface area contributed by atoms with Crippen LogP contribution in [0, 0.1) is 0 Å². The van der Waals surface area contributed by atoms with Gasteiger partial charge in [0.05, 0.1) is 0 Å². The second-order valence-electron chi connectivity index (χ2n) is 6.07. The van der Waals surface area contributed by atoms with Crippen LogP contribution in [0.15, 0.2) is 60.7 Å². The SMILES string of the molecule is CCN1CCCCC1.c1ccc(CNCc2ccccc2)cc1. The Morgan fingerprint density at radius 3 is 1.61 bits per heavy atom. The van der Waals surface area contributed by atoms with Crippen molar-refractivity contribution in [2.24, 2.45) is 0 Å². The van der Waals surface area contributed by atoms with Crippen molar-refractivity contribution < 1.29 is 0 Å². The minimum absolute atomic E-state index is 0.926. The molecule has 0 saturated carbocycles. The van der Waals surface area contributed by atoms with Crippen LogP contribution in [0.25, 0.3) is 0 Å². The van der Waals surface area contributed by atoms with E-state index >= 15 is 0 Å². The second-order valence-corrected chi connectivity index (χ2v) is 6.07. The first-order valence-corrected chi connectivity index (χ1v) is 8.89. The van der Waals surface area contributed by atoms with E-state index in [1.54, 1.807) is 0 Å². The van der Waals surface area contributed by atoms with Crippen molar-refractivity contribution in [2.75, 3.05) is 19.6 Å². The van der Waals surface area contributed by atoms with Gasteiger partial charge in [0.2, 0.25) is 0 Å². The van der Waals surface area contributed by atoms with Crippen molar-refractivity contribution in [2.45, 2.75) is 39.3 Å². The first-order valence-electron chi connectivity index (χ1n) is 8.89. The normalized spacial score (nSPS) is 14.8. The molecular weight excluding hydrogens is 280 g/mol. The molecule has 0 atom stereocenters. The number of benzene rings is 2. The summed E-state index contributed by atoms with van der Waals surface area (Å²) in [4.78, 5) is 2.52. The van der Waals surface area contributed by atoms with E-state index in [1.807, 2.05) is 12.1 Å². The Kier molecular flexibility index (Phi) is 8.46. The summed E-state index contributed by atoms with van der Waals surface area (Å²) in [5, 5.41) is 3.42. The molecule has 0 bridgehead atoms. The highest BCUT2D eigenvalue weighted by Gasteiger charge is 2.05. The second kappa shape index (κ2) is 11.0. The van der Waals surface area contributed by atoms with Gasteiger partial charge in [0.25, 0.3) is 0 Å². The molecule has 1 N–H and O–H groups in total. The van der Waals surface area contributed by atoms with E-state index in [0.717, 1.165) is 13.1 Å². The van der Waals surface area contributed by atoms with Crippen LogP contribution in [-0.4, -0.2) is 24.5 Å². The van der Waals surface area contributed by atoms with Gasteiger partial charge >= 0.3 is 0 Å². The number of nitrogens with one attached hydrogen (secondary N) is 1. The van der Waals surface area contributed by atoms with Gasteiger partial charge in [-0.05, 0) is 43.6 Å². The summed E-state index contributed by atoms with van der Waals surface area (Å²) in [6, 6.07) is 20.9. The molecular formula is C21H30N2. The molecule has 0 unspecified atom stereocenters. The van der Waals surface area contributed by atoms with Gasteiger partial charge in [-0.2, -0.15) is 0 Å². The maximum atomic E-state index is 3.42. The molecule has 3 rings (SSSR count). The molecule has 0 amide bonds. The van der Waals surface area contributed by atoms with Gasteiger partial charge in [0, 0.05) is 13.1 Å². The van der Waals surface area contributed by atoms with Gasteiger partial charge in [-0.15, -0.1) is 0 Å². The van der Waals surface area contributed by atoms with Crippen LogP contribution in [0.3, 0.4) is 0 Å². The summed E-state index contributed by atoms with van der Waals surface area (Å²) in [6.45, 7) is 8.03. The summed E-state index contributed by atoms with van der Waals surface area (Å²) in [6.07, 6.45) is 4.30. The maximum Gasteiger partial charge on any atom is 0.0208 e. The molecule has 2 aromatic rings. The van der Waals surface area contributed by atoms with Crippen molar-refractivity contribution in [1.82, 2.24) is 10.2 Å². The van der Waals surface area contributed by atoms with E-state index in [2.05, 4.69) is 65.7 Å². The molecule has 0 aromatic heterocycles. The molecule has 0 aliphatic carbocycles. The highest BCUT2D eigenvalue weighted by Crippen LogP contribution is 2.06. The summed E-state index contributed by atoms with van der Waals surface area (Å²) in [5.74, 6) is 0. The monoisotopic (exact) mass is 310 g/mol. The molecule has 1 heterocycles. The van der Waals surface area contributed by atoms with Crippen LogP contribution < -0.4 is 5.32 Å². The molecule has 2 nitrogen and oxygen atoms in total. The predicted octanol–water partition coefficient (Wildman–Crippen LogP) is 4.47. The van der Waals surface area contributed by atoms with Gasteiger partial charge in [-0.1, -0.05) is 74.0 Å². The van der Waals surface area contributed by atoms with Crippen LogP contribution >= 0.6 is 0 Å². The van der Waals surface area contributed by atoms with E-state index in [9.17, 15) is 0 Å². The summed E-state index contributed by atoms with van der Waals surface area (Å²) in [7, 11) is 0. The molecule has 2 aromatic carbocycles. The minimum atomic E-state index is 0.926. The van der Waals surface area contributed by atoms with E-state index in [1.165, 1.54) is 50.0 Å². The number of piperidine rings is 1. The molecule has 1 aliphatic rings. The first kappa shape index (κ1) is 17.7. The number of nitrogens with zero attached hydrogens (tertiary/aromatic N) is 1. The standard InChI is InChI=1S/C14H15N.C7H15N/c1-3-7-13(8-4-1)11-15-12-14-9-5-2-6-10-14;1-2-8-6-4-3-5-7-8/h1-10,15H,11-12H2;2-7H2,1H3. The topological polar surface area (TPSA) is 15.3 Å². The predicted molar refractivity (Wildman–Crippen MR) is 99.4 cm³/mol. The lowest BCUT2D eigenvalue weighted by molar-refractivity contribution is 0.240. The third kappa shape index (κ3) is 7.45. The Morgan fingerprint density at radius 2 is 1.22 bits per heavy atom. The van der Waals surface area contributed by atoms with Crippen LogP contribution in [0.2, 0.25) is 0 Å². The van der Waals surface area contributed by atoms with E-state index < -0.39 is 0 Å². The zero-order valence-electron chi connectivity index (χ0n) is 14.4. The molecule has 0 spiro atoms.